The molecule has 5 nitrogen and oxygen atoms in total. The van der Waals surface area contributed by atoms with Crippen molar-refractivity contribution in [3.05, 3.63) is 59.9 Å². The van der Waals surface area contributed by atoms with Gasteiger partial charge in [-0.25, -0.2) is 0 Å². The zero-order valence-electron chi connectivity index (χ0n) is 16.5. The summed E-state index contributed by atoms with van der Waals surface area (Å²) in [6, 6.07) is 12.4. The second-order valence-corrected chi connectivity index (χ2v) is 7.95. The van der Waals surface area contributed by atoms with Crippen LogP contribution in [-0.2, 0) is 6.42 Å². The van der Waals surface area contributed by atoms with E-state index in [0.717, 1.165) is 63.6 Å². The van der Waals surface area contributed by atoms with Gasteiger partial charge in [0.25, 0.3) is 5.91 Å². The van der Waals surface area contributed by atoms with E-state index in [1.54, 1.807) is 0 Å². The number of hydrogen-bond acceptors (Lipinski definition) is 4. The molecule has 5 heteroatoms. The van der Waals surface area contributed by atoms with Crippen LogP contribution in [0.5, 0.6) is 0 Å². The Labute approximate surface area is 167 Å². The highest BCUT2D eigenvalue weighted by molar-refractivity contribution is 5.94. The second-order valence-electron chi connectivity index (χ2n) is 7.95. The van der Waals surface area contributed by atoms with Gasteiger partial charge >= 0.3 is 0 Å². The molecule has 0 bridgehead atoms. The van der Waals surface area contributed by atoms with Crippen molar-refractivity contribution < 1.29 is 4.79 Å². The lowest BCUT2D eigenvalue weighted by atomic mass is 9.92. The van der Waals surface area contributed by atoms with Crippen molar-refractivity contribution in [3.63, 3.8) is 0 Å². The first-order chi connectivity index (χ1) is 13.8. The molecule has 0 unspecified atom stereocenters. The number of nitrogens with zero attached hydrogens (tertiary/aromatic N) is 3. The van der Waals surface area contributed by atoms with Gasteiger partial charge in [0.05, 0.1) is 0 Å². The fourth-order valence-electron chi connectivity index (χ4n) is 4.33. The molecule has 2 saturated heterocycles. The third kappa shape index (κ3) is 4.71. The van der Waals surface area contributed by atoms with Gasteiger partial charge in [0.1, 0.15) is 0 Å². The van der Waals surface area contributed by atoms with Crippen LogP contribution >= 0.6 is 0 Å². The molecular formula is C23H30N4O. The summed E-state index contributed by atoms with van der Waals surface area (Å²) in [5.74, 6) is 0.877. The number of benzene rings is 1. The van der Waals surface area contributed by atoms with Crippen molar-refractivity contribution >= 4 is 11.6 Å². The monoisotopic (exact) mass is 378 g/mol. The van der Waals surface area contributed by atoms with E-state index in [2.05, 4.69) is 27.3 Å². The minimum Gasteiger partial charge on any atom is -0.370 e. The van der Waals surface area contributed by atoms with Crippen LogP contribution in [0.3, 0.4) is 0 Å². The van der Waals surface area contributed by atoms with Crippen LogP contribution in [0, 0.1) is 5.92 Å². The molecule has 148 valence electrons. The van der Waals surface area contributed by atoms with E-state index in [1.807, 2.05) is 41.6 Å². The fraction of sp³-hybridized carbons (Fsp3) is 0.478. The van der Waals surface area contributed by atoms with Crippen LogP contribution in [0.15, 0.2) is 48.8 Å². The number of carbonyl (C=O) groups is 1. The predicted molar refractivity (Wildman–Crippen MR) is 113 cm³/mol. The van der Waals surface area contributed by atoms with Gasteiger partial charge in [0, 0.05) is 49.8 Å². The summed E-state index contributed by atoms with van der Waals surface area (Å²) in [7, 11) is 0. The second kappa shape index (κ2) is 9.20. The zero-order valence-corrected chi connectivity index (χ0v) is 16.5. The summed E-state index contributed by atoms with van der Waals surface area (Å²) in [5, 5.41) is 3.48. The fourth-order valence-corrected chi connectivity index (χ4v) is 4.33. The standard InChI is InChI=1S/C23H30N4O/c28-23(21-6-4-19(5-7-21)17-20-3-1-10-25-18-20)27-14-2-13-26(15-16-27)22-8-11-24-12-9-22/h4-9,11-12,20,25H,1-3,10,13-18H2/t20-/m1/s1. The van der Waals surface area contributed by atoms with Crippen LogP contribution in [0.1, 0.15) is 35.2 Å². The number of amides is 1. The minimum atomic E-state index is 0.155. The zero-order chi connectivity index (χ0) is 19.2. The minimum absolute atomic E-state index is 0.155. The van der Waals surface area contributed by atoms with Gasteiger partial charge < -0.3 is 15.1 Å². The quantitative estimate of drug-likeness (QED) is 0.889. The number of piperidine rings is 1. The Bertz CT molecular complexity index is 756. The maximum absolute atomic E-state index is 13.0. The van der Waals surface area contributed by atoms with Crippen LogP contribution in [-0.4, -0.2) is 55.1 Å². The molecule has 0 saturated carbocycles. The van der Waals surface area contributed by atoms with Gasteiger partial charge in [0.15, 0.2) is 0 Å². The molecule has 1 aromatic heterocycles. The molecule has 0 radical (unpaired) electrons. The van der Waals surface area contributed by atoms with Gasteiger partial charge in [-0.2, -0.15) is 0 Å². The maximum atomic E-state index is 13.0. The van der Waals surface area contributed by atoms with E-state index in [-0.39, 0.29) is 5.91 Å². The van der Waals surface area contributed by atoms with Crippen molar-refractivity contribution in [1.82, 2.24) is 15.2 Å². The molecule has 28 heavy (non-hydrogen) atoms. The smallest absolute Gasteiger partial charge is 0.253 e. The lowest BCUT2D eigenvalue weighted by molar-refractivity contribution is 0.0767. The highest BCUT2D eigenvalue weighted by Crippen LogP contribution is 2.19. The Hall–Kier alpha value is -2.40. The summed E-state index contributed by atoms with van der Waals surface area (Å²) >= 11 is 0. The summed E-state index contributed by atoms with van der Waals surface area (Å²) < 4.78 is 0. The van der Waals surface area contributed by atoms with Gasteiger partial charge in [-0.1, -0.05) is 12.1 Å². The highest BCUT2D eigenvalue weighted by Gasteiger charge is 2.21. The van der Waals surface area contributed by atoms with E-state index in [4.69, 9.17) is 0 Å². The number of aromatic nitrogens is 1. The number of nitrogens with one attached hydrogen (secondary N) is 1. The molecular weight excluding hydrogens is 348 g/mol. The number of anilines is 1. The van der Waals surface area contributed by atoms with Crippen molar-refractivity contribution in [3.8, 4) is 0 Å². The maximum Gasteiger partial charge on any atom is 0.253 e. The summed E-state index contributed by atoms with van der Waals surface area (Å²) in [4.78, 5) is 21.4. The normalized spacial score (nSPS) is 20.6. The van der Waals surface area contributed by atoms with E-state index < -0.39 is 0 Å². The van der Waals surface area contributed by atoms with Crippen molar-refractivity contribution in [2.24, 2.45) is 5.92 Å². The molecule has 3 heterocycles. The molecule has 2 fully saturated rings. The number of hydrogen-bond donors (Lipinski definition) is 1. The van der Waals surface area contributed by atoms with Crippen molar-refractivity contribution in [2.75, 3.05) is 44.2 Å². The van der Waals surface area contributed by atoms with E-state index >= 15 is 0 Å². The Morgan fingerprint density at radius 3 is 2.57 bits per heavy atom. The summed E-state index contributed by atoms with van der Waals surface area (Å²) in [5.41, 5.74) is 3.33. The molecule has 1 N–H and O–H groups in total. The Morgan fingerprint density at radius 1 is 1.00 bits per heavy atom. The van der Waals surface area contributed by atoms with Crippen LogP contribution in [0.25, 0.3) is 0 Å². The third-order valence-electron chi connectivity index (χ3n) is 5.94. The van der Waals surface area contributed by atoms with Crippen LogP contribution in [0.4, 0.5) is 5.69 Å². The predicted octanol–water partition coefficient (Wildman–Crippen LogP) is 2.98. The molecule has 0 spiro atoms. The van der Waals surface area contributed by atoms with Crippen molar-refractivity contribution in [1.29, 1.82) is 0 Å². The average Bonchev–Trinajstić information content (AvgIpc) is 3.02. The lowest BCUT2D eigenvalue weighted by Gasteiger charge is -2.24. The van der Waals surface area contributed by atoms with E-state index in [1.165, 1.54) is 24.1 Å². The largest absolute Gasteiger partial charge is 0.370 e. The number of carbonyl (C=O) groups excluding carboxylic acids is 1. The van der Waals surface area contributed by atoms with Gasteiger partial charge in [-0.3, -0.25) is 9.78 Å². The number of pyridine rings is 1. The Balaban J connectivity index is 1.34. The molecule has 1 amide bonds. The van der Waals surface area contributed by atoms with Crippen LogP contribution in [0.2, 0.25) is 0 Å². The topological polar surface area (TPSA) is 48.5 Å². The molecule has 4 rings (SSSR count). The highest BCUT2D eigenvalue weighted by atomic mass is 16.2. The van der Waals surface area contributed by atoms with E-state index in [9.17, 15) is 4.79 Å². The van der Waals surface area contributed by atoms with Gasteiger partial charge in [-0.15, -0.1) is 0 Å². The first-order valence-corrected chi connectivity index (χ1v) is 10.5. The first kappa shape index (κ1) is 18.9. The number of rotatable bonds is 4. The molecule has 2 aromatic rings. The molecule has 2 aliphatic rings. The molecule has 1 atom stereocenters. The van der Waals surface area contributed by atoms with Gasteiger partial charge in [0.2, 0.25) is 0 Å². The van der Waals surface area contributed by atoms with Crippen molar-refractivity contribution in [2.45, 2.75) is 25.7 Å². The average molecular weight is 379 g/mol. The molecule has 1 aromatic carbocycles. The lowest BCUT2D eigenvalue weighted by Crippen LogP contribution is -2.35. The third-order valence-corrected chi connectivity index (χ3v) is 5.94. The Kier molecular flexibility index (Phi) is 6.22. The Morgan fingerprint density at radius 2 is 1.82 bits per heavy atom. The SMILES string of the molecule is O=C(c1ccc(C[C@H]2CCCNC2)cc1)N1CCCN(c2ccncc2)CC1. The molecule has 2 aliphatic heterocycles. The summed E-state index contributed by atoms with van der Waals surface area (Å²) in [6.45, 7) is 5.68. The van der Waals surface area contributed by atoms with Gasteiger partial charge in [-0.05, 0) is 74.5 Å². The summed E-state index contributed by atoms with van der Waals surface area (Å²) in [6.07, 6.45) is 8.32. The molecule has 0 aliphatic carbocycles. The van der Waals surface area contributed by atoms with Crippen LogP contribution < -0.4 is 10.2 Å². The van der Waals surface area contributed by atoms with E-state index in [0.29, 0.717) is 0 Å². The first-order valence-electron chi connectivity index (χ1n) is 10.5.